The van der Waals surface area contributed by atoms with Crippen molar-refractivity contribution in [1.82, 2.24) is 5.32 Å². The third-order valence-electron chi connectivity index (χ3n) is 5.07. The van der Waals surface area contributed by atoms with Gasteiger partial charge < -0.3 is 10.1 Å². The lowest BCUT2D eigenvalue weighted by atomic mass is 9.98. The summed E-state index contributed by atoms with van der Waals surface area (Å²) in [6.07, 6.45) is 1.75. The molecule has 0 unspecified atom stereocenters. The Hall–Kier alpha value is -3.54. The zero-order valence-electron chi connectivity index (χ0n) is 15.9. The highest BCUT2D eigenvalue weighted by Crippen LogP contribution is 2.44. The summed E-state index contributed by atoms with van der Waals surface area (Å²) < 4.78 is 45.7. The zero-order valence-corrected chi connectivity index (χ0v) is 15.9. The molecule has 0 saturated heterocycles. The Morgan fingerprint density at radius 2 is 1.50 bits per heavy atom. The first-order valence-electron chi connectivity index (χ1n) is 9.45. The van der Waals surface area contributed by atoms with Crippen molar-refractivity contribution in [3.63, 3.8) is 0 Å². The number of carbonyl (C=O) groups is 1. The van der Waals surface area contributed by atoms with Gasteiger partial charge in [0.05, 0.1) is 0 Å². The second kappa shape index (κ2) is 8.45. The number of benzene rings is 3. The molecule has 0 aromatic heterocycles. The van der Waals surface area contributed by atoms with Gasteiger partial charge in [0.15, 0.2) is 11.6 Å². The molecule has 0 bridgehead atoms. The smallest absolute Gasteiger partial charge is 0.407 e. The van der Waals surface area contributed by atoms with Crippen LogP contribution in [0.3, 0.4) is 0 Å². The minimum atomic E-state index is -1.27. The van der Waals surface area contributed by atoms with Gasteiger partial charge in [-0.05, 0) is 34.4 Å². The fourth-order valence-corrected chi connectivity index (χ4v) is 3.66. The summed E-state index contributed by atoms with van der Waals surface area (Å²) in [5, 5.41) is 2.49. The molecule has 3 aromatic carbocycles. The predicted molar refractivity (Wildman–Crippen MR) is 108 cm³/mol. The van der Waals surface area contributed by atoms with Crippen LogP contribution in [-0.4, -0.2) is 19.2 Å². The fraction of sp³-hybridized carbons (Fsp3) is 0.125. The van der Waals surface area contributed by atoms with Crippen LogP contribution in [0, 0.1) is 17.5 Å². The van der Waals surface area contributed by atoms with E-state index in [1.54, 1.807) is 0 Å². The standard InChI is InChI=1S/C24H18F3NO2/c25-21-11-12-22(26)23(27)19(21)10-5-13-28-24(29)30-14-20-17-8-3-1-6-15(17)16-7-2-4-9-18(16)20/h1-12,20H,13-14H2,(H,28,29). The van der Waals surface area contributed by atoms with Crippen molar-refractivity contribution < 1.29 is 22.7 Å². The summed E-state index contributed by atoms with van der Waals surface area (Å²) in [7, 11) is 0. The molecule has 1 N–H and O–H groups in total. The number of fused-ring (bicyclic) bond motifs is 3. The molecule has 0 fully saturated rings. The average molecular weight is 409 g/mol. The number of hydrogen-bond acceptors (Lipinski definition) is 2. The molecule has 4 rings (SSSR count). The topological polar surface area (TPSA) is 38.3 Å². The zero-order chi connectivity index (χ0) is 21.1. The Morgan fingerprint density at radius 3 is 2.17 bits per heavy atom. The molecule has 3 aromatic rings. The van der Waals surface area contributed by atoms with E-state index in [1.807, 2.05) is 48.5 Å². The molecule has 0 spiro atoms. The molecule has 0 heterocycles. The maximum Gasteiger partial charge on any atom is 0.407 e. The number of nitrogens with one attached hydrogen (secondary N) is 1. The lowest BCUT2D eigenvalue weighted by Gasteiger charge is -2.14. The van der Waals surface area contributed by atoms with Crippen molar-refractivity contribution in [2.24, 2.45) is 0 Å². The van der Waals surface area contributed by atoms with E-state index < -0.39 is 29.1 Å². The van der Waals surface area contributed by atoms with E-state index in [9.17, 15) is 18.0 Å². The largest absolute Gasteiger partial charge is 0.449 e. The highest BCUT2D eigenvalue weighted by Gasteiger charge is 2.28. The minimum Gasteiger partial charge on any atom is -0.449 e. The quantitative estimate of drug-likeness (QED) is 0.553. The molecule has 152 valence electrons. The summed E-state index contributed by atoms with van der Waals surface area (Å²) in [5.74, 6) is -3.35. The van der Waals surface area contributed by atoms with E-state index in [1.165, 1.54) is 6.08 Å². The van der Waals surface area contributed by atoms with Gasteiger partial charge in [-0.15, -0.1) is 0 Å². The van der Waals surface area contributed by atoms with E-state index >= 15 is 0 Å². The molecule has 0 saturated carbocycles. The van der Waals surface area contributed by atoms with Crippen molar-refractivity contribution in [1.29, 1.82) is 0 Å². The van der Waals surface area contributed by atoms with Gasteiger partial charge in [0, 0.05) is 18.0 Å². The second-order valence-electron chi connectivity index (χ2n) is 6.87. The molecule has 30 heavy (non-hydrogen) atoms. The molecule has 1 aliphatic carbocycles. The van der Waals surface area contributed by atoms with Crippen LogP contribution in [0.5, 0.6) is 0 Å². The summed E-state index contributed by atoms with van der Waals surface area (Å²) in [4.78, 5) is 12.0. The maximum absolute atomic E-state index is 13.6. The van der Waals surface area contributed by atoms with E-state index in [2.05, 4.69) is 5.32 Å². The summed E-state index contributed by atoms with van der Waals surface area (Å²) in [5.41, 5.74) is 3.96. The van der Waals surface area contributed by atoms with Gasteiger partial charge in [0.25, 0.3) is 0 Å². The molecular weight excluding hydrogens is 391 g/mol. The molecule has 0 radical (unpaired) electrons. The third kappa shape index (κ3) is 3.81. The van der Waals surface area contributed by atoms with Gasteiger partial charge in [-0.25, -0.2) is 18.0 Å². The Bertz CT molecular complexity index is 1080. The van der Waals surface area contributed by atoms with Crippen LogP contribution < -0.4 is 5.32 Å². The minimum absolute atomic E-state index is 0.0218. The van der Waals surface area contributed by atoms with E-state index in [0.717, 1.165) is 40.5 Å². The summed E-state index contributed by atoms with van der Waals surface area (Å²) >= 11 is 0. The first-order chi connectivity index (χ1) is 14.6. The number of hydrogen-bond donors (Lipinski definition) is 1. The Morgan fingerprint density at radius 1 is 0.900 bits per heavy atom. The van der Waals surface area contributed by atoms with E-state index in [4.69, 9.17) is 4.74 Å². The molecule has 0 atom stereocenters. The van der Waals surface area contributed by atoms with Crippen molar-refractivity contribution in [2.45, 2.75) is 5.92 Å². The first kappa shape index (κ1) is 19.8. The number of rotatable bonds is 5. The van der Waals surface area contributed by atoms with Gasteiger partial charge in [-0.3, -0.25) is 0 Å². The monoisotopic (exact) mass is 409 g/mol. The van der Waals surface area contributed by atoms with Crippen LogP contribution in [0.2, 0.25) is 0 Å². The van der Waals surface area contributed by atoms with Gasteiger partial charge in [-0.2, -0.15) is 0 Å². The van der Waals surface area contributed by atoms with E-state index in [0.29, 0.717) is 0 Å². The SMILES string of the molecule is O=C(NCC=Cc1c(F)ccc(F)c1F)OCC1c2ccccc2-c2ccccc21. The molecule has 6 heteroatoms. The lowest BCUT2D eigenvalue weighted by molar-refractivity contribution is 0.144. The highest BCUT2D eigenvalue weighted by atomic mass is 19.2. The Labute approximate surface area is 171 Å². The number of alkyl carbamates (subject to hydrolysis) is 1. The van der Waals surface area contributed by atoms with Crippen LogP contribution in [0.1, 0.15) is 22.6 Å². The summed E-state index contributed by atoms with van der Waals surface area (Å²) in [6, 6.07) is 17.5. The first-order valence-corrected chi connectivity index (χ1v) is 9.45. The third-order valence-corrected chi connectivity index (χ3v) is 5.07. The fourth-order valence-electron chi connectivity index (χ4n) is 3.66. The van der Waals surface area contributed by atoms with Crippen molar-refractivity contribution >= 4 is 12.2 Å². The predicted octanol–water partition coefficient (Wildman–Crippen LogP) is 5.66. The maximum atomic E-state index is 13.6. The van der Waals surface area contributed by atoms with Crippen molar-refractivity contribution in [3.05, 3.63) is 101 Å². The highest BCUT2D eigenvalue weighted by molar-refractivity contribution is 5.79. The molecule has 0 aliphatic heterocycles. The van der Waals surface area contributed by atoms with Gasteiger partial charge in [0.2, 0.25) is 0 Å². The molecule has 1 amide bonds. The van der Waals surface area contributed by atoms with Crippen LogP contribution in [-0.2, 0) is 4.74 Å². The van der Waals surface area contributed by atoms with Crippen LogP contribution in [0.25, 0.3) is 17.2 Å². The van der Waals surface area contributed by atoms with Crippen molar-refractivity contribution in [2.75, 3.05) is 13.2 Å². The lowest BCUT2D eigenvalue weighted by Crippen LogP contribution is -2.26. The Kier molecular flexibility index (Phi) is 5.57. The normalized spacial score (nSPS) is 12.6. The van der Waals surface area contributed by atoms with Gasteiger partial charge in [-0.1, -0.05) is 60.7 Å². The summed E-state index contributed by atoms with van der Waals surface area (Å²) in [6.45, 7) is 0.142. The number of halogens is 3. The number of amides is 1. The molecule has 1 aliphatic rings. The van der Waals surface area contributed by atoms with Crippen LogP contribution in [0.4, 0.5) is 18.0 Å². The number of ether oxygens (including phenoxy) is 1. The van der Waals surface area contributed by atoms with E-state index in [-0.39, 0.29) is 19.1 Å². The molecule has 3 nitrogen and oxygen atoms in total. The van der Waals surface area contributed by atoms with Crippen LogP contribution in [0.15, 0.2) is 66.7 Å². The average Bonchev–Trinajstić information content (AvgIpc) is 3.08. The molecular formula is C24H18F3NO2. The second-order valence-corrected chi connectivity index (χ2v) is 6.87. The van der Waals surface area contributed by atoms with Gasteiger partial charge in [0.1, 0.15) is 12.4 Å². The van der Waals surface area contributed by atoms with Crippen molar-refractivity contribution in [3.8, 4) is 11.1 Å². The Balaban J connectivity index is 1.36. The van der Waals surface area contributed by atoms with Gasteiger partial charge >= 0.3 is 6.09 Å². The number of carbonyl (C=O) groups excluding carboxylic acids is 1. The van der Waals surface area contributed by atoms with Crippen LogP contribution >= 0.6 is 0 Å².